The molecule has 1 heterocycles. The maximum atomic E-state index is 12.1. The third kappa shape index (κ3) is 5.51. The molecule has 1 atom stereocenters. The normalized spacial score (nSPS) is 17.0. The van der Waals surface area contributed by atoms with E-state index in [9.17, 15) is 9.59 Å². The maximum Gasteiger partial charge on any atom is 0.239 e. The summed E-state index contributed by atoms with van der Waals surface area (Å²) in [5, 5.41) is 3.01. The van der Waals surface area contributed by atoms with Crippen LogP contribution in [0.2, 0.25) is 0 Å². The van der Waals surface area contributed by atoms with Crippen molar-refractivity contribution in [1.29, 1.82) is 0 Å². The maximum absolute atomic E-state index is 12.1. The summed E-state index contributed by atoms with van der Waals surface area (Å²) in [6.07, 6.45) is 5.47. The number of likely N-dealkylation sites (tertiary alicyclic amines) is 1. The smallest absolute Gasteiger partial charge is 0.239 e. The molecule has 1 N–H and O–H groups in total. The Labute approximate surface area is 132 Å². The molecule has 1 aromatic carbocycles. The molecule has 0 aromatic heterocycles. The molecule has 1 saturated heterocycles. The minimum Gasteiger partial charge on any atom is -0.352 e. The number of carbonyl (C=O) groups excluding carboxylic acids is 2. The highest BCUT2D eigenvalue weighted by Crippen LogP contribution is 2.11. The number of hydrogen-bond acceptors (Lipinski definition) is 2. The second-order valence-corrected chi connectivity index (χ2v) is 6.12. The first-order valence-electron chi connectivity index (χ1n) is 8.26. The summed E-state index contributed by atoms with van der Waals surface area (Å²) in [6, 6.07) is 10.4. The number of carbonyl (C=O) groups is 2. The average Bonchev–Trinajstić information content (AvgIpc) is 2.71. The topological polar surface area (TPSA) is 49.4 Å². The molecule has 0 spiro atoms. The fourth-order valence-electron chi connectivity index (χ4n) is 2.80. The average molecular weight is 302 g/mol. The first kappa shape index (κ1) is 16.5. The van der Waals surface area contributed by atoms with Crippen molar-refractivity contribution in [2.75, 3.05) is 13.1 Å². The lowest BCUT2D eigenvalue weighted by molar-refractivity contribution is -0.135. The monoisotopic (exact) mass is 302 g/mol. The van der Waals surface area contributed by atoms with Crippen molar-refractivity contribution in [2.24, 2.45) is 0 Å². The summed E-state index contributed by atoms with van der Waals surface area (Å²) in [6.45, 7) is 2.93. The van der Waals surface area contributed by atoms with Crippen molar-refractivity contribution in [1.82, 2.24) is 10.2 Å². The number of nitrogens with one attached hydrogen (secondary N) is 1. The van der Waals surface area contributed by atoms with Crippen LogP contribution in [0.5, 0.6) is 0 Å². The van der Waals surface area contributed by atoms with E-state index in [2.05, 4.69) is 17.4 Å². The van der Waals surface area contributed by atoms with Gasteiger partial charge in [-0.1, -0.05) is 36.8 Å². The fourth-order valence-corrected chi connectivity index (χ4v) is 2.80. The second kappa shape index (κ2) is 8.57. The largest absolute Gasteiger partial charge is 0.352 e. The highest BCUT2D eigenvalue weighted by atomic mass is 16.2. The lowest BCUT2D eigenvalue weighted by Gasteiger charge is -2.21. The Morgan fingerprint density at radius 2 is 2.00 bits per heavy atom. The van der Waals surface area contributed by atoms with E-state index in [0.29, 0.717) is 13.0 Å². The number of benzene rings is 1. The molecule has 120 valence electrons. The summed E-state index contributed by atoms with van der Waals surface area (Å²) in [5.74, 6) is 0.0698. The van der Waals surface area contributed by atoms with E-state index in [1.165, 1.54) is 5.56 Å². The van der Waals surface area contributed by atoms with Crippen LogP contribution >= 0.6 is 0 Å². The van der Waals surface area contributed by atoms with Gasteiger partial charge in [-0.3, -0.25) is 9.59 Å². The summed E-state index contributed by atoms with van der Waals surface area (Å²) in [4.78, 5) is 25.7. The number of nitrogens with zero attached hydrogens (tertiary/aromatic N) is 1. The van der Waals surface area contributed by atoms with E-state index in [1.807, 2.05) is 25.1 Å². The molecule has 2 rings (SSSR count). The fraction of sp³-hybridized carbons (Fsp3) is 0.556. The van der Waals surface area contributed by atoms with Crippen LogP contribution in [-0.2, 0) is 16.0 Å². The zero-order chi connectivity index (χ0) is 15.8. The van der Waals surface area contributed by atoms with Crippen molar-refractivity contribution in [2.45, 2.75) is 51.5 Å². The third-order valence-electron chi connectivity index (χ3n) is 4.12. The van der Waals surface area contributed by atoms with Crippen LogP contribution in [-0.4, -0.2) is 35.8 Å². The third-order valence-corrected chi connectivity index (χ3v) is 4.12. The first-order chi connectivity index (χ1) is 10.6. The van der Waals surface area contributed by atoms with Crippen molar-refractivity contribution in [3.05, 3.63) is 35.9 Å². The molecule has 1 aliphatic rings. The van der Waals surface area contributed by atoms with Gasteiger partial charge in [0.05, 0.1) is 6.54 Å². The highest BCUT2D eigenvalue weighted by Gasteiger charge is 2.19. The number of aryl methyl sites for hydroxylation is 1. The van der Waals surface area contributed by atoms with E-state index in [-0.39, 0.29) is 24.4 Å². The summed E-state index contributed by atoms with van der Waals surface area (Å²) in [5.41, 5.74) is 1.28. The molecule has 0 aliphatic carbocycles. The van der Waals surface area contributed by atoms with E-state index >= 15 is 0 Å². The number of amides is 2. The SMILES string of the molecule is C[C@@H](CCc1ccccc1)NC(=O)CN1CCCCCC1=O. The Kier molecular flexibility index (Phi) is 6.44. The van der Waals surface area contributed by atoms with Crippen LogP contribution in [0.4, 0.5) is 0 Å². The molecule has 4 nitrogen and oxygen atoms in total. The first-order valence-corrected chi connectivity index (χ1v) is 8.26. The van der Waals surface area contributed by atoms with Gasteiger partial charge in [0, 0.05) is 19.0 Å². The van der Waals surface area contributed by atoms with Gasteiger partial charge < -0.3 is 10.2 Å². The quantitative estimate of drug-likeness (QED) is 0.878. The molecule has 1 aliphatic heterocycles. The van der Waals surface area contributed by atoms with E-state index in [0.717, 1.165) is 32.1 Å². The molecule has 0 bridgehead atoms. The van der Waals surface area contributed by atoms with Crippen LogP contribution in [0.3, 0.4) is 0 Å². The van der Waals surface area contributed by atoms with Gasteiger partial charge in [0.25, 0.3) is 0 Å². The minimum atomic E-state index is -0.0455. The van der Waals surface area contributed by atoms with Gasteiger partial charge in [0.2, 0.25) is 11.8 Å². The standard InChI is InChI=1S/C18H26N2O2/c1-15(11-12-16-8-4-2-5-9-16)19-17(21)14-20-13-7-3-6-10-18(20)22/h2,4-5,8-9,15H,3,6-7,10-14H2,1H3,(H,19,21)/t15-/m0/s1. The molecule has 22 heavy (non-hydrogen) atoms. The summed E-state index contributed by atoms with van der Waals surface area (Å²) in [7, 11) is 0. The van der Waals surface area contributed by atoms with Gasteiger partial charge in [-0.15, -0.1) is 0 Å². The van der Waals surface area contributed by atoms with Crippen LogP contribution in [0.15, 0.2) is 30.3 Å². The molecule has 0 radical (unpaired) electrons. The van der Waals surface area contributed by atoms with Gasteiger partial charge >= 0.3 is 0 Å². The molecule has 0 unspecified atom stereocenters. The van der Waals surface area contributed by atoms with Crippen LogP contribution in [0.1, 0.15) is 44.6 Å². The molecule has 1 aromatic rings. The Hall–Kier alpha value is -1.84. The Balaban J connectivity index is 1.72. The van der Waals surface area contributed by atoms with Crippen molar-refractivity contribution in [3.63, 3.8) is 0 Å². The molecule has 1 fully saturated rings. The highest BCUT2D eigenvalue weighted by molar-refractivity contribution is 5.85. The van der Waals surface area contributed by atoms with Crippen molar-refractivity contribution in [3.8, 4) is 0 Å². The molecule has 4 heteroatoms. The van der Waals surface area contributed by atoms with Gasteiger partial charge in [-0.25, -0.2) is 0 Å². The molecule has 0 saturated carbocycles. The van der Waals surface area contributed by atoms with E-state index < -0.39 is 0 Å². The summed E-state index contributed by atoms with van der Waals surface area (Å²) < 4.78 is 0. The van der Waals surface area contributed by atoms with Crippen LogP contribution in [0, 0.1) is 0 Å². The zero-order valence-corrected chi connectivity index (χ0v) is 13.4. The number of hydrogen-bond donors (Lipinski definition) is 1. The van der Waals surface area contributed by atoms with Gasteiger partial charge in [-0.05, 0) is 38.2 Å². The predicted molar refractivity (Wildman–Crippen MR) is 87.4 cm³/mol. The zero-order valence-electron chi connectivity index (χ0n) is 13.4. The Morgan fingerprint density at radius 3 is 2.77 bits per heavy atom. The Bertz CT molecular complexity index is 487. The van der Waals surface area contributed by atoms with Gasteiger partial charge in [-0.2, -0.15) is 0 Å². The van der Waals surface area contributed by atoms with Crippen LogP contribution in [0.25, 0.3) is 0 Å². The van der Waals surface area contributed by atoms with E-state index in [4.69, 9.17) is 0 Å². The van der Waals surface area contributed by atoms with Crippen molar-refractivity contribution < 1.29 is 9.59 Å². The van der Waals surface area contributed by atoms with Gasteiger partial charge in [0.15, 0.2) is 0 Å². The summed E-state index contributed by atoms with van der Waals surface area (Å²) >= 11 is 0. The van der Waals surface area contributed by atoms with Crippen molar-refractivity contribution >= 4 is 11.8 Å². The van der Waals surface area contributed by atoms with Gasteiger partial charge in [0.1, 0.15) is 0 Å². The number of rotatable bonds is 6. The Morgan fingerprint density at radius 1 is 1.23 bits per heavy atom. The molecular formula is C18H26N2O2. The molecular weight excluding hydrogens is 276 g/mol. The minimum absolute atomic E-state index is 0.0455. The lowest BCUT2D eigenvalue weighted by atomic mass is 10.1. The lowest BCUT2D eigenvalue weighted by Crippen LogP contribution is -2.43. The predicted octanol–water partition coefficient (Wildman–Crippen LogP) is 2.53. The molecule has 2 amide bonds. The second-order valence-electron chi connectivity index (χ2n) is 6.12. The van der Waals surface area contributed by atoms with E-state index in [1.54, 1.807) is 4.90 Å². The van der Waals surface area contributed by atoms with Crippen LogP contribution < -0.4 is 5.32 Å².